The Balaban J connectivity index is 2.53. The molecule has 12 heavy (non-hydrogen) atoms. The maximum atomic E-state index is 10.8. The van der Waals surface area contributed by atoms with Crippen LogP contribution in [0.2, 0.25) is 0 Å². The molecule has 0 saturated heterocycles. The van der Waals surface area contributed by atoms with Crippen LogP contribution in [0.3, 0.4) is 0 Å². The maximum absolute atomic E-state index is 10.8. The molecule has 0 unspecified atom stereocenters. The summed E-state index contributed by atoms with van der Waals surface area (Å²) in [5.41, 5.74) is -0.160. The van der Waals surface area contributed by atoms with Gasteiger partial charge in [-0.2, -0.15) is 0 Å². The van der Waals surface area contributed by atoms with Crippen LogP contribution >= 0.6 is 0 Å². The third kappa shape index (κ3) is 1.47. The third-order valence-electron chi connectivity index (χ3n) is 3.13. The standard InChI is InChI=1S/C10H18O2/c1-9(2,3)7-5-10(4,6-7)8(11)12/h7H,5-6H2,1-4H3,(H,11,12). The largest absolute Gasteiger partial charge is 0.481 e. The van der Waals surface area contributed by atoms with Crippen molar-refractivity contribution in [1.82, 2.24) is 0 Å². The van der Waals surface area contributed by atoms with Gasteiger partial charge in [0.05, 0.1) is 5.41 Å². The Bertz CT molecular complexity index is 194. The highest BCUT2D eigenvalue weighted by molar-refractivity contribution is 5.75. The lowest BCUT2D eigenvalue weighted by molar-refractivity contribution is -0.159. The lowest BCUT2D eigenvalue weighted by Crippen LogP contribution is -2.46. The zero-order chi connectivity index (χ0) is 9.57. The highest BCUT2D eigenvalue weighted by Gasteiger charge is 2.50. The van der Waals surface area contributed by atoms with Gasteiger partial charge < -0.3 is 5.11 Å². The fourth-order valence-corrected chi connectivity index (χ4v) is 1.81. The molecule has 2 nitrogen and oxygen atoms in total. The normalized spacial score (nSPS) is 35.8. The minimum absolute atomic E-state index is 0.273. The van der Waals surface area contributed by atoms with Crippen LogP contribution in [-0.2, 0) is 4.79 Å². The molecule has 0 aromatic carbocycles. The average Bonchev–Trinajstić information content (AvgIpc) is 1.77. The molecular weight excluding hydrogens is 152 g/mol. The van der Waals surface area contributed by atoms with E-state index in [1.807, 2.05) is 6.92 Å². The molecule has 1 aliphatic rings. The summed E-state index contributed by atoms with van der Waals surface area (Å²) in [6, 6.07) is 0. The van der Waals surface area contributed by atoms with Crippen molar-refractivity contribution in [3.63, 3.8) is 0 Å². The van der Waals surface area contributed by atoms with E-state index in [0.29, 0.717) is 5.92 Å². The Morgan fingerprint density at radius 2 is 1.83 bits per heavy atom. The van der Waals surface area contributed by atoms with Gasteiger partial charge in [-0.3, -0.25) is 4.79 Å². The second-order valence-electron chi connectivity index (χ2n) is 5.34. The molecule has 1 rings (SSSR count). The van der Waals surface area contributed by atoms with Crippen molar-refractivity contribution in [3.8, 4) is 0 Å². The number of carboxylic acid groups (broad SMARTS) is 1. The van der Waals surface area contributed by atoms with Gasteiger partial charge in [0.1, 0.15) is 0 Å². The van der Waals surface area contributed by atoms with Gasteiger partial charge in [0.15, 0.2) is 0 Å². The van der Waals surface area contributed by atoms with E-state index in [9.17, 15) is 4.79 Å². The van der Waals surface area contributed by atoms with E-state index in [-0.39, 0.29) is 5.41 Å². The molecule has 0 aliphatic heterocycles. The Kier molecular flexibility index (Phi) is 1.97. The first kappa shape index (κ1) is 9.56. The van der Waals surface area contributed by atoms with Crippen LogP contribution in [0.5, 0.6) is 0 Å². The summed E-state index contributed by atoms with van der Waals surface area (Å²) in [5, 5.41) is 8.88. The van der Waals surface area contributed by atoms with E-state index in [1.165, 1.54) is 0 Å². The topological polar surface area (TPSA) is 37.3 Å². The van der Waals surface area contributed by atoms with Crippen LogP contribution < -0.4 is 0 Å². The molecule has 1 fully saturated rings. The van der Waals surface area contributed by atoms with Crippen molar-refractivity contribution in [2.45, 2.75) is 40.5 Å². The fraction of sp³-hybridized carbons (Fsp3) is 0.900. The molecule has 2 heteroatoms. The molecule has 0 amide bonds. The molecular formula is C10H18O2. The number of carbonyl (C=O) groups is 1. The highest BCUT2D eigenvalue weighted by atomic mass is 16.4. The molecule has 0 radical (unpaired) electrons. The summed E-state index contributed by atoms with van der Waals surface area (Å²) in [5.74, 6) is -0.0541. The first-order chi connectivity index (χ1) is 5.26. The summed E-state index contributed by atoms with van der Waals surface area (Å²) < 4.78 is 0. The van der Waals surface area contributed by atoms with Crippen molar-refractivity contribution >= 4 is 5.97 Å². The van der Waals surface area contributed by atoms with Crippen molar-refractivity contribution < 1.29 is 9.90 Å². The molecule has 70 valence electrons. The Hall–Kier alpha value is -0.530. The Morgan fingerprint density at radius 3 is 2.08 bits per heavy atom. The van der Waals surface area contributed by atoms with Gasteiger partial charge in [-0.25, -0.2) is 0 Å². The van der Waals surface area contributed by atoms with Crippen LogP contribution in [0.4, 0.5) is 0 Å². The predicted molar refractivity (Wildman–Crippen MR) is 47.9 cm³/mol. The SMILES string of the molecule is CC1(C(=O)O)CC(C(C)(C)C)C1. The highest BCUT2D eigenvalue weighted by Crippen LogP contribution is 2.52. The van der Waals surface area contributed by atoms with E-state index in [0.717, 1.165) is 12.8 Å². The van der Waals surface area contributed by atoms with Gasteiger partial charge >= 0.3 is 5.97 Å². The summed E-state index contributed by atoms with van der Waals surface area (Å²) >= 11 is 0. The summed E-state index contributed by atoms with van der Waals surface area (Å²) in [7, 11) is 0. The number of aliphatic carboxylic acids is 1. The molecule has 0 bridgehead atoms. The molecule has 0 atom stereocenters. The first-order valence-electron chi connectivity index (χ1n) is 4.49. The van der Waals surface area contributed by atoms with Crippen LogP contribution in [0, 0.1) is 16.7 Å². The van der Waals surface area contributed by atoms with E-state index < -0.39 is 11.4 Å². The molecule has 1 saturated carbocycles. The number of hydrogen-bond acceptors (Lipinski definition) is 1. The zero-order valence-corrected chi connectivity index (χ0v) is 8.35. The predicted octanol–water partition coefficient (Wildman–Crippen LogP) is 2.53. The van der Waals surface area contributed by atoms with Crippen LogP contribution in [0.1, 0.15) is 40.5 Å². The third-order valence-corrected chi connectivity index (χ3v) is 3.13. The molecule has 0 aromatic heterocycles. The van der Waals surface area contributed by atoms with Gasteiger partial charge in [0.25, 0.3) is 0 Å². The van der Waals surface area contributed by atoms with Gasteiger partial charge in [-0.05, 0) is 31.1 Å². The molecule has 1 aliphatic carbocycles. The fourth-order valence-electron chi connectivity index (χ4n) is 1.81. The number of carboxylic acids is 1. The van der Waals surface area contributed by atoms with Crippen LogP contribution in [0.25, 0.3) is 0 Å². The van der Waals surface area contributed by atoms with E-state index in [4.69, 9.17) is 5.11 Å². The lowest BCUT2D eigenvalue weighted by Gasteiger charge is -2.48. The van der Waals surface area contributed by atoms with Gasteiger partial charge in [0.2, 0.25) is 0 Å². The Morgan fingerprint density at radius 1 is 1.42 bits per heavy atom. The van der Waals surface area contributed by atoms with E-state index in [2.05, 4.69) is 20.8 Å². The van der Waals surface area contributed by atoms with Gasteiger partial charge in [-0.1, -0.05) is 20.8 Å². The second kappa shape index (κ2) is 2.48. The molecule has 0 aromatic rings. The monoisotopic (exact) mass is 170 g/mol. The minimum atomic E-state index is -0.636. The first-order valence-corrected chi connectivity index (χ1v) is 4.49. The number of rotatable bonds is 1. The molecule has 0 heterocycles. The van der Waals surface area contributed by atoms with Crippen LogP contribution in [-0.4, -0.2) is 11.1 Å². The average molecular weight is 170 g/mol. The zero-order valence-electron chi connectivity index (χ0n) is 8.35. The minimum Gasteiger partial charge on any atom is -0.481 e. The lowest BCUT2D eigenvalue weighted by atomic mass is 9.55. The van der Waals surface area contributed by atoms with Crippen molar-refractivity contribution in [3.05, 3.63) is 0 Å². The van der Waals surface area contributed by atoms with E-state index >= 15 is 0 Å². The van der Waals surface area contributed by atoms with E-state index in [1.54, 1.807) is 0 Å². The van der Waals surface area contributed by atoms with Crippen LogP contribution in [0.15, 0.2) is 0 Å². The molecule has 0 spiro atoms. The summed E-state index contributed by atoms with van der Waals surface area (Å²) in [6.07, 6.45) is 1.68. The quantitative estimate of drug-likeness (QED) is 0.656. The smallest absolute Gasteiger partial charge is 0.309 e. The van der Waals surface area contributed by atoms with Gasteiger partial charge in [0, 0.05) is 0 Å². The summed E-state index contributed by atoms with van der Waals surface area (Å²) in [4.78, 5) is 10.8. The maximum Gasteiger partial charge on any atom is 0.309 e. The van der Waals surface area contributed by atoms with Crippen molar-refractivity contribution in [1.29, 1.82) is 0 Å². The Labute approximate surface area is 74.0 Å². The van der Waals surface area contributed by atoms with Crippen molar-refractivity contribution in [2.75, 3.05) is 0 Å². The number of hydrogen-bond donors (Lipinski definition) is 1. The van der Waals surface area contributed by atoms with Crippen molar-refractivity contribution in [2.24, 2.45) is 16.7 Å². The summed E-state index contributed by atoms with van der Waals surface area (Å²) in [6.45, 7) is 8.38. The molecule has 1 N–H and O–H groups in total. The van der Waals surface area contributed by atoms with Gasteiger partial charge in [-0.15, -0.1) is 0 Å². The second-order valence-corrected chi connectivity index (χ2v) is 5.34.